The molecule has 1 aromatic heterocycles. The van der Waals surface area contributed by atoms with E-state index in [9.17, 15) is 4.39 Å². The van der Waals surface area contributed by atoms with E-state index in [0.29, 0.717) is 28.7 Å². The van der Waals surface area contributed by atoms with Gasteiger partial charge in [0.25, 0.3) is 0 Å². The summed E-state index contributed by atoms with van der Waals surface area (Å²) in [4.78, 5) is 2.46. The van der Waals surface area contributed by atoms with Gasteiger partial charge in [0.15, 0.2) is 11.4 Å². The number of hydrogen-bond acceptors (Lipinski definition) is 4. The molecule has 2 aromatic rings. The molecular weight excluding hydrogens is 281 g/mol. The smallest absolute Gasteiger partial charge is 0.177 e. The van der Waals surface area contributed by atoms with E-state index in [-0.39, 0.29) is 5.02 Å². The molecule has 0 saturated carbocycles. The molecule has 3 saturated heterocycles. The number of piperidine rings is 3. The van der Waals surface area contributed by atoms with Crippen LogP contribution < -0.4 is 5.32 Å². The summed E-state index contributed by atoms with van der Waals surface area (Å²) in [6, 6.07) is 3.23. The predicted molar refractivity (Wildman–Crippen MR) is 75.6 cm³/mol. The maximum atomic E-state index is 13.6. The molecule has 1 atom stereocenters. The summed E-state index contributed by atoms with van der Waals surface area (Å²) in [5.74, 6) is 0.845. The summed E-state index contributed by atoms with van der Waals surface area (Å²) in [6.07, 6.45) is 2.43. The van der Waals surface area contributed by atoms with Crippen molar-refractivity contribution in [1.82, 2.24) is 10.1 Å². The number of halogens is 2. The van der Waals surface area contributed by atoms with E-state index in [2.05, 4.69) is 15.4 Å². The average molecular weight is 296 g/mol. The number of anilines is 1. The Morgan fingerprint density at radius 3 is 2.85 bits per heavy atom. The van der Waals surface area contributed by atoms with Gasteiger partial charge in [0.1, 0.15) is 5.82 Å². The van der Waals surface area contributed by atoms with Gasteiger partial charge in [0.2, 0.25) is 0 Å². The molecule has 2 bridgehead atoms. The van der Waals surface area contributed by atoms with E-state index in [0.717, 1.165) is 6.54 Å². The molecule has 0 spiro atoms. The van der Waals surface area contributed by atoms with E-state index in [1.807, 2.05) is 0 Å². The lowest BCUT2D eigenvalue weighted by Gasteiger charge is -2.44. The van der Waals surface area contributed by atoms with Crippen LogP contribution in [0.15, 0.2) is 16.7 Å². The monoisotopic (exact) mass is 295 g/mol. The van der Waals surface area contributed by atoms with Gasteiger partial charge in [-0.15, -0.1) is 0 Å². The number of aromatic nitrogens is 1. The van der Waals surface area contributed by atoms with Crippen molar-refractivity contribution in [2.75, 3.05) is 25.0 Å². The Balaban J connectivity index is 1.64. The maximum Gasteiger partial charge on any atom is 0.177 e. The lowest BCUT2D eigenvalue weighted by atomic mass is 9.84. The first-order chi connectivity index (χ1) is 9.70. The molecule has 106 valence electrons. The van der Waals surface area contributed by atoms with Crippen molar-refractivity contribution in [3.05, 3.63) is 23.0 Å². The lowest BCUT2D eigenvalue weighted by Crippen LogP contribution is -2.53. The number of nitrogens with one attached hydrogen (secondary N) is 1. The van der Waals surface area contributed by atoms with E-state index in [1.165, 1.54) is 38.1 Å². The minimum Gasteiger partial charge on any atom is -0.362 e. The predicted octanol–water partition coefficient (Wildman–Crippen LogP) is 3.13. The average Bonchev–Trinajstić information content (AvgIpc) is 2.83. The third kappa shape index (κ3) is 1.96. The van der Waals surface area contributed by atoms with Gasteiger partial charge in [0.05, 0.1) is 10.4 Å². The summed E-state index contributed by atoms with van der Waals surface area (Å²) in [5, 5.41) is 8.17. The van der Waals surface area contributed by atoms with Gasteiger partial charge in [-0.05, 0) is 37.9 Å². The number of rotatable bonds is 2. The van der Waals surface area contributed by atoms with Crippen molar-refractivity contribution in [2.24, 2.45) is 5.92 Å². The molecule has 4 nitrogen and oxygen atoms in total. The zero-order chi connectivity index (χ0) is 13.7. The van der Waals surface area contributed by atoms with Gasteiger partial charge in [-0.2, -0.15) is 0 Å². The molecule has 0 unspecified atom stereocenters. The number of hydrogen-bond donors (Lipinski definition) is 1. The van der Waals surface area contributed by atoms with E-state index < -0.39 is 5.82 Å². The first-order valence-corrected chi connectivity index (χ1v) is 7.32. The highest BCUT2D eigenvalue weighted by Gasteiger charge is 2.34. The van der Waals surface area contributed by atoms with Gasteiger partial charge >= 0.3 is 0 Å². The van der Waals surface area contributed by atoms with E-state index >= 15 is 0 Å². The molecule has 3 aliphatic rings. The second kappa shape index (κ2) is 4.60. The molecule has 1 N–H and O–H groups in total. The zero-order valence-electron chi connectivity index (χ0n) is 10.9. The SMILES string of the molecule is Fc1cc2c(N[C@@H]3CN4CCC3CC4)noc2cc1Cl. The van der Waals surface area contributed by atoms with Crippen LogP contribution in [0.1, 0.15) is 12.8 Å². The molecule has 0 radical (unpaired) electrons. The Hall–Kier alpha value is -1.33. The van der Waals surface area contributed by atoms with Crippen LogP contribution in [0.2, 0.25) is 5.02 Å². The zero-order valence-corrected chi connectivity index (χ0v) is 11.7. The van der Waals surface area contributed by atoms with Gasteiger partial charge in [-0.25, -0.2) is 4.39 Å². The molecular formula is C14H15ClFN3O. The molecule has 0 amide bonds. The first kappa shape index (κ1) is 12.4. The van der Waals surface area contributed by atoms with Crippen LogP contribution in [0, 0.1) is 11.7 Å². The summed E-state index contributed by atoms with van der Waals surface area (Å²) >= 11 is 5.75. The van der Waals surface area contributed by atoms with Crippen molar-refractivity contribution in [3.8, 4) is 0 Å². The quantitative estimate of drug-likeness (QED) is 0.924. The van der Waals surface area contributed by atoms with Crippen molar-refractivity contribution in [2.45, 2.75) is 18.9 Å². The fourth-order valence-corrected chi connectivity index (χ4v) is 3.50. The van der Waals surface area contributed by atoms with Crippen molar-refractivity contribution >= 4 is 28.4 Å². The standard InChI is InChI=1S/C14H15ClFN3O/c15-10-6-13-9(5-11(10)16)14(18-20-13)17-12-7-19-3-1-8(12)2-4-19/h5-6,8,12H,1-4,7H2,(H,17,18)/t12-/m1/s1. The molecule has 6 heteroatoms. The number of fused-ring (bicyclic) bond motifs is 4. The first-order valence-electron chi connectivity index (χ1n) is 6.94. The van der Waals surface area contributed by atoms with Gasteiger partial charge in [0, 0.05) is 18.7 Å². The third-order valence-electron chi connectivity index (χ3n) is 4.49. The molecule has 4 heterocycles. The van der Waals surface area contributed by atoms with Crippen LogP contribution in [0.25, 0.3) is 11.0 Å². The highest BCUT2D eigenvalue weighted by molar-refractivity contribution is 6.31. The Morgan fingerprint density at radius 2 is 2.15 bits per heavy atom. The molecule has 5 rings (SSSR count). The normalized spacial score (nSPS) is 29.0. The van der Waals surface area contributed by atoms with E-state index in [4.69, 9.17) is 16.1 Å². The van der Waals surface area contributed by atoms with Crippen LogP contribution in [-0.4, -0.2) is 35.7 Å². The summed E-state index contributed by atoms with van der Waals surface area (Å²) in [5.41, 5.74) is 0.514. The highest BCUT2D eigenvalue weighted by atomic mass is 35.5. The van der Waals surface area contributed by atoms with E-state index in [1.54, 1.807) is 0 Å². The number of nitrogens with zero attached hydrogens (tertiary/aromatic N) is 2. The van der Waals surface area contributed by atoms with Gasteiger partial charge in [-0.3, -0.25) is 0 Å². The second-order valence-electron chi connectivity index (χ2n) is 5.68. The largest absolute Gasteiger partial charge is 0.362 e. The molecule has 1 aromatic carbocycles. The molecule has 20 heavy (non-hydrogen) atoms. The molecule has 3 aliphatic heterocycles. The highest BCUT2D eigenvalue weighted by Crippen LogP contribution is 2.33. The number of benzene rings is 1. The Labute approximate surface area is 120 Å². The van der Waals surface area contributed by atoms with Crippen LogP contribution >= 0.6 is 11.6 Å². The van der Waals surface area contributed by atoms with Gasteiger partial charge < -0.3 is 14.7 Å². The van der Waals surface area contributed by atoms with Crippen LogP contribution in [0.4, 0.5) is 10.2 Å². The third-order valence-corrected chi connectivity index (χ3v) is 4.78. The Bertz CT molecular complexity index is 651. The summed E-state index contributed by atoms with van der Waals surface area (Å²) in [6.45, 7) is 3.40. The minimum absolute atomic E-state index is 0.0584. The van der Waals surface area contributed by atoms with Crippen LogP contribution in [0.5, 0.6) is 0 Å². The van der Waals surface area contributed by atoms with Crippen molar-refractivity contribution < 1.29 is 8.91 Å². The maximum absolute atomic E-state index is 13.6. The Kier molecular flexibility index (Phi) is 2.86. The van der Waals surface area contributed by atoms with Crippen molar-refractivity contribution in [1.29, 1.82) is 0 Å². The second-order valence-corrected chi connectivity index (χ2v) is 6.09. The molecule has 3 fully saturated rings. The Morgan fingerprint density at radius 1 is 1.35 bits per heavy atom. The van der Waals surface area contributed by atoms with Crippen LogP contribution in [0.3, 0.4) is 0 Å². The summed E-state index contributed by atoms with van der Waals surface area (Å²) in [7, 11) is 0. The van der Waals surface area contributed by atoms with Crippen molar-refractivity contribution in [3.63, 3.8) is 0 Å². The fourth-order valence-electron chi connectivity index (χ4n) is 3.34. The minimum atomic E-state index is -0.445. The van der Waals surface area contributed by atoms with Crippen LogP contribution in [-0.2, 0) is 0 Å². The lowest BCUT2D eigenvalue weighted by molar-refractivity contribution is 0.0973. The topological polar surface area (TPSA) is 41.3 Å². The fraction of sp³-hybridized carbons (Fsp3) is 0.500. The summed E-state index contributed by atoms with van der Waals surface area (Å²) < 4.78 is 18.8. The molecule has 0 aliphatic carbocycles. The van der Waals surface area contributed by atoms with Gasteiger partial charge in [-0.1, -0.05) is 16.8 Å².